The van der Waals surface area contributed by atoms with E-state index in [9.17, 15) is 4.79 Å². The van der Waals surface area contributed by atoms with Crippen molar-refractivity contribution in [2.75, 3.05) is 6.61 Å². The van der Waals surface area contributed by atoms with Crippen molar-refractivity contribution in [1.82, 2.24) is 0 Å². The highest BCUT2D eigenvalue weighted by molar-refractivity contribution is 5.89. The molecule has 0 N–H and O–H groups in total. The lowest BCUT2D eigenvalue weighted by Gasteiger charge is -2.05. The van der Waals surface area contributed by atoms with Crippen molar-refractivity contribution in [3.8, 4) is 11.1 Å². The first kappa shape index (κ1) is 13.8. The summed E-state index contributed by atoms with van der Waals surface area (Å²) in [7, 11) is 0. The molecule has 0 radical (unpaired) electrons. The first-order valence-electron chi connectivity index (χ1n) is 6.41. The summed E-state index contributed by atoms with van der Waals surface area (Å²) in [6, 6.07) is 18.0. The van der Waals surface area contributed by atoms with Crippen molar-refractivity contribution >= 4 is 12.0 Å². The number of esters is 1. The zero-order valence-electron chi connectivity index (χ0n) is 11.2. The molecule has 2 heteroatoms. The molecule has 2 rings (SSSR count). The summed E-state index contributed by atoms with van der Waals surface area (Å²) in [4.78, 5) is 11.5. The van der Waals surface area contributed by atoms with Gasteiger partial charge in [0.2, 0.25) is 0 Å². The monoisotopic (exact) mass is 264 g/mol. The molecule has 2 aromatic carbocycles. The number of hydrogen-bond donors (Lipinski definition) is 0. The van der Waals surface area contributed by atoms with Gasteiger partial charge >= 0.3 is 5.97 Å². The van der Waals surface area contributed by atoms with Crippen LogP contribution in [-0.4, -0.2) is 12.6 Å². The van der Waals surface area contributed by atoms with Crippen LogP contribution in [0.1, 0.15) is 5.56 Å². The number of benzene rings is 2. The number of ether oxygens (including phenoxy) is 1. The molecular weight excluding hydrogens is 248 g/mol. The molecule has 0 fully saturated rings. The lowest BCUT2D eigenvalue weighted by atomic mass is 9.99. The molecule has 0 heterocycles. The predicted molar refractivity (Wildman–Crippen MR) is 82.1 cm³/mol. The molecule has 0 aliphatic heterocycles. The third kappa shape index (κ3) is 3.69. The summed E-state index contributed by atoms with van der Waals surface area (Å²) in [6.07, 6.45) is 4.75. The SMILES string of the molecule is C=CCOC(=O)/C=C/c1ccccc1-c1ccccc1. The Bertz CT molecular complexity index is 612. The topological polar surface area (TPSA) is 26.3 Å². The third-order valence-corrected chi connectivity index (χ3v) is 2.79. The second-order valence-electron chi connectivity index (χ2n) is 4.21. The molecule has 20 heavy (non-hydrogen) atoms. The van der Waals surface area contributed by atoms with Gasteiger partial charge in [0, 0.05) is 6.08 Å². The minimum Gasteiger partial charge on any atom is -0.458 e. The van der Waals surface area contributed by atoms with Crippen molar-refractivity contribution < 1.29 is 9.53 Å². The molecule has 2 nitrogen and oxygen atoms in total. The van der Waals surface area contributed by atoms with Gasteiger partial charge in [-0.1, -0.05) is 67.3 Å². The Labute approximate surface area is 119 Å². The first-order chi connectivity index (χ1) is 9.81. The summed E-state index contributed by atoms with van der Waals surface area (Å²) in [6.45, 7) is 3.73. The average Bonchev–Trinajstić information content (AvgIpc) is 2.52. The first-order valence-corrected chi connectivity index (χ1v) is 6.41. The van der Waals surface area contributed by atoms with E-state index in [1.54, 1.807) is 12.2 Å². The maximum atomic E-state index is 11.5. The summed E-state index contributed by atoms with van der Waals surface area (Å²) >= 11 is 0. The highest BCUT2D eigenvalue weighted by Crippen LogP contribution is 2.24. The van der Waals surface area contributed by atoms with Gasteiger partial charge < -0.3 is 4.74 Å². The van der Waals surface area contributed by atoms with Crippen LogP contribution in [0.3, 0.4) is 0 Å². The van der Waals surface area contributed by atoms with Crippen LogP contribution in [0, 0.1) is 0 Å². The highest BCUT2D eigenvalue weighted by Gasteiger charge is 2.02. The zero-order chi connectivity index (χ0) is 14.2. The predicted octanol–water partition coefficient (Wildman–Crippen LogP) is 4.10. The molecule has 0 aliphatic rings. The van der Waals surface area contributed by atoms with E-state index >= 15 is 0 Å². The average molecular weight is 264 g/mol. The second kappa shape index (κ2) is 7.10. The molecule has 0 aliphatic carbocycles. The van der Waals surface area contributed by atoms with Crippen LogP contribution >= 0.6 is 0 Å². The molecule has 0 saturated heterocycles. The lowest BCUT2D eigenvalue weighted by Crippen LogP contribution is -1.99. The van der Waals surface area contributed by atoms with Crippen LogP contribution in [-0.2, 0) is 9.53 Å². The minimum atomic E-state index is -0.368. The van der Waals surface area contributed by atoms with Gasteiger partial charge in [-0.2, -0.15) is 0 Å². The Morgan fingerprint density at radius 3 is 2.50 bits per heavy atom. The maximum Gasteiger partial charge on any atom is 0.331 e. The van der Waals surface area contributed by atoms with Gasteiger partial charge in [0.15, 0.2) is 0 Å². The number of carbonyl (C=O) groups is 1. The van der Waals surface area contributed by atoms with Crippen LogP contribution in [0.15, 0.2) is 73.3 Å². The molecule has 0 saturated carbocycles. The fourth-order valence-corrected chi connectivity index (χ4v) is 1.87. The van der Waals surface area contributed by atoms with Crippen LogP contribution in [0.25, 0.3) is 17.2 Å². The van der Waals surface area contributed by atoms with Gasteiger partial charge in [0.1, 0.15) is 6.61 Å². The van der Waals surface area contributed by atoms with E-state index in [2.05, 4.69) is 6.58 Å². The maximum absolute atomic E-state index is 11.5. The lowest BCUT2D eigenvalue weighted by molar-refractivity contribution is -0.136. The third-order valence-electron chi connectivity index (χ3n) is 2.79. The normalized spacial score (nSPS) is 10.4. The van der Waals surface area contributed by atoms with E-state index in [0.717, 1.165) is 16.7 Å². The zero-order valence-corrected chi connectivity index (χ0v) is 11.2. The van der Waals surface area contributed by atoms with Crippen LogP contribution in [0.5, 0.6) is 0 Å². The Morgan fingerprint density at radius 2 is 1.75 bits per heavy atom. The minimum absolute atomic E-state index is 0.226. The Hall–Kier alpha value is -2.61. The smallest absolute Gasteiger partial charge is 0.331 e. The van der Waals surface area contributed by atoms with E-state index in [0.29, 0.717) is 0 Å². The van der Waals surface area contributed by atoms with E-state index in [-0.39, 0.29) is 12.6 Å². The molecule has 0 bridgehead atoms. The summed E-state index contributed by atoms with van der Waals surface area (Å²) < 4.78 is 4.91. The van der Waals surface area contributed by atoms with Gasteiger partial charge in [-0.15, -0.1) is 0 Å². The number of hydrogen-bond acceptors (Lipinski definition) is 2. The number of carbonyl (C=O) groups excluding carboxylic acids is 1. The summed E-state index contributed by atoms with van der Waals surface area (Å²) in [5.74, 6) is -0.368. The van der Waals surface area contributed by atoms with Gasteiger partial charge in [0.05, 0.1) is 0 Å². The van der Waals surface area contributed by atoms with Crippen molar-refractivity contribution in [3.05, 3.63) is 78.9 Å². The molecule has 2 aromatic rings. The van der Waals surface area contributed by atoms with Crippen molar-refractivity contribution in [2.45, 2.75) is 0 Å². The fraction of sp³-hybridized carbons (Fsp3) is 0.0556. The van der Waals surface area contributed by atoms with E-state index in [1.165, 1.54) is 6.08 Å². The van der Waals surface area contributed by atoms with E-state index < -0.39 is 0 Å². The van der Waals surface area contributed by atoms with Crippen molar-refractivity contribution in [3.63, 3.8) is 0 Å². The highest BCUT2D eigenvalue weighted by atomic mass is 16.5. The fourth-order valence-electron chi connectivity index (χ4n) is 1.87. The van der Waals surface area contributed by atoms with Gasteiger partial charge in [-0.25, -0.2) is 4.79 Å². The summed E-state index contributed by atoms with van der Waals surface area (Å²) in [5.41, 5.74) is 3.18. The Kier molecular flexibility index (Phi) is 4.90. The van der Waals surface area contributed by atoms with Crippen LogP contribution < -0.4 is 0 Å². The summed E-state index contributed by atoms with van der Waals surface area (Å²) in [5, 5.41) is 0. The quantitative estimate of drug-likeness (QED) is 0.462. The second-order valence-corrected chi connectivity index (χ2v) is 4.21. The molecule has 100 valence electrons. The Morgan fingerprint density at radius 1 is 1.05 bits per heavy atom. The van der Waals surface area contributed by atoms with Gasteiger partial charge in [-0.05, 0) is 22.8 Å². The molecule has 0 amide bonds. The largest absolute Gasteiger partial charge is 0.458 e. The Balaban J connectivity index is 2.23. The molecule has 0 atom stereocenters. The van der Waals surface area contributed by atoms with Crippen LogP contribution in [0.2, 0.25) is 0 Å². The molecule has 0 spiro atoms. The van der Waals surface area contributed by atoms with Gasteiger partial charge in [-0.3, -0.25) is 0 Å². The molecule has 0 aromatic heterocycles. The van der Waals surface area contributed by atoms with Crippen LogP contribution in [0.4, 0.5) is 0 Å². The van der Waals surface area contributed by atoms with E-state index in [1.807, 2.05) is 54.6 Å². The van der Waals surface area contributed by atoms with Gasteiger partial charge in [0.25, 0.3) is 0 Å². The molecular formula is C18H16O2. The van der Waals surface area contributed by atoms with Crippen molar-refractivity contribution in [2.24, 2.45) is 0 Å². The van der Waals surface area contributed by atoms with E-state index in [4.69, 9.17) is 4.74 Å². The molecule has 0 unspecified atom stereocenters. The van der Waals surface area contributed by atoms with Crippen molar-refractivity contribution in [1.29, 1.82) is 0 Å². The number of rotatable bonds is 5. The standard InChI is InChI=1S/C18H16O2/c1-2-14-20-18(19)13-12-16-10-6-7-11-17(16)15-8-4-3-5-9-15/h2-13H,1,14H2/b13-12+.